The number of fused-ring (bicyclic) bond motifs is 1. The molecule has 1 aromatic heterocycles. The number of H-pyrrole nitrogens is 1. The van der Waals surface area contributed by atoms with Crippen LogP contribution in [0.25, 0.3) is 10.9 Å². The van der Waals surface area contributed by atoms with E-state index in [1.807, 2.05) is 29.2 Å². The number of nitrogens with zero attached hydrogens (tertiary/aromatic N) is 2. The molecule has 2 aromatic carbocycles. The van der Waals surface area contributed by atoms with Gasteiger partial charge in [-0.1, -0.05) is 29.8 Å². The zero-order valence-electron chi connectivity index (χ0n) is 17.6. The first-order chi connectivity index (χ1) is 16.0. The molecule has 0 spiro atoms. The number of anilines is 2. The molecule has 2 fully saturated rings. The highest BCUT2D eigenvalue weighted by Crippen LogP contribution is 2.31. The number of halogens is 1. The summed E-state index contributed by atoms with van der Waals surface area (Å²) in [5.74, 6) is 0.499. The van der Waals surface area contributed by atoms with Gasteiger partial charge in [0.25, 0.3) is 5.91 Å². The third-order valence-electron chi connectivity index (χ3n) is 5.86. The van der Waals surface area contributed by atoms with Crippen LogP contribution >= 0.6 is 23.4 Å². The molecule has 3 heterocycles. The molecule has 33 heavy (non-hydrogen) atoms. The monoisotopic (exact) mass is 483 g/mol. The molecule has 3 N–H and O–H groups in total. The molecule has 2 saturated heterocycles. The van der Waals surface area contributed by atoms with Crippen LogP contribution in [0.5, 0.6) is 0 Å². The number of piperazine rings is 1. The van der Waals surface area contributed by atoms with Gasteiger partial charge in [0.1, 0.15) is 6.04 Å². The molecule has 0 bridgehead atoms. The van der Waals surface area contributed by atoms with Crippen molar-refractivity contribution in [3.63, 3.8) is 0 Å². The summed E-state index contributed by atoms with van der Waals surface area (Å²) in [5, 5.41) is 6.97. The Labute approximate surface area is 199 Å². The van der Waals surface area contributed by atoms with E-state index in [4.69, 9.17) is 11.6 Å². The quantitative estimate of drug-likeness (QED) is 0.530. The number of aromatic amines is 1. The minimum atomic E-state index is -0.583. The van der Waals surface area contributed by atoms with E-state index in [2.05, 4.69) is 15.6 Å². The summed E-state index contributed by atoms with van der Waals surface area (Å²) in [5.41, 5.74) is 2.74. The molecule has 2 aliphatic rings. The standard InChI is InChI=1S/C23H22ClN5O3S/c24-17-9-14(5-6-19(17)28-8-7-25-21(30)11-28)27-22(31)20-12-33-13-29(20)23(32)16-10-26-18-4-2-1-3-15(16)18/h1-6,9-10,20,26H,7-8,11-13H2,(H,25,30)(H,27,31)/t20-/m1/s1. The fourth-order valence-electron chi connectivity index (χ4n) is 4.17. The Bertz CT molecular complexity index is 1250. The van der Waals surface area contributed by atoms with E-state index >= 15 is 0 Å². The van der Waals surface area contributed by atoms with Crippen molar-refractivity contribution in [1.82, 2.24) is 15.2 Å². The summed E-state index contributed by atoms with van der Waals surface area (Å²) in [6.45, 7) is 1.48. The predicted molar refractivity (Wildman–Crippen MR) is 131 cm³/mol. The van der Waals surface area contributed by atoms with E-state index in [0.717, 1.165) is 16.6 Å². The molecule has 3 aromatic rings. The minimum Gasteiger partial charge on any atom is -0.360 e. The average Bonchev–Trinajstić information content (AvgIpc) is 3.46. The zero-order valence-corrected chi connectivity index (χ0v) is 19.2. The Balaban J connectivity index is 1.30. The summed E-state index contributed by atoms with van der Waals surface area (Å²) in [7, 11) is 0. The van der Waals surface area contributed by atoms with Crippen molar-refractivity contribution in [2.45, 2.75) is 6.04 Å². The smallest absolute Gasteiger partial charge is 0.257 e. The molecule has 0 aliphatic carbocycles. The Hall–Kier alpha value is -3.17. The van der Waals surface area contributed by atoms with Gasteiger partial charge in [0.05, 0.1) is 28.7 Å². The van der Waals surface area contributed by atoms with Crippen molar-refractivity contribution in [3.8, 4) is 0 Å². The molecule has 8 nitrogen and oxygen atoms in total. The average molecular weight is 484 g/mol. The number of carbonyl (C=O) groups excluding carboxylic acids is 3. The SMILES string of the molecule is O=C1CN(c2ccc(NC(=O)[C@H]3CSCN3C(=O)c3c[nH]c4ccccc34)cc2Cl)CCN1. The maximum atomic E-state index is 13.2. The highest BCUT2D eigenvalue weighted by Gasteiger charge is 2.36. The highest BCUT2D eigenvalue weighted by molar-refractivity contribution is 7.99. The lowest BCUT2D eigenvalue weighted by Crippen LogP contribution is -2.47. The molecule has 5 rings (SSSR count). The second kappa shape index (κ2) is 8.99. The molecular weight excluding hydrogens is 462 g/mol. The fourth-order valence-corrected chi connectivity index (χ4v) is 5.63. The Morgan fingerprint density at radius 1 is 1.18 bits per heavy atom. The van der Waals surface area contributed by atoms with Crippen LogP contribution in [0.3, 0.4) is 0 Å². The summed E-state index contributed by atoms with van der Waals surface area (Å²) in [4.78, 5) is 44.6. The van der Waals surface area contributed by atoms with Gasteiger partial charge in [-0.15, -0.1) is 11.8 Å². The molecule has 3 amide bonds. The van der Waals surface area contributed by atoms with Gasteiger partial charge in [-0.3, -0.25) is 14.4 Å². The molecule has 0 radical (unpaired) electrons. The molecule has 1 atom stereocenters. The van der Waals surface area contributed by atoms with Crippen molar-refractivity contribution in [2.24, 2.45) is 0 Å². The number of para-hydroxylation sites is 1. The van der Waals surface area contributed by atoms with Gasteiger partial charge < -0.3 is 25.4 Å². The van der Waals surface area contributed by atoms with Gasteiger partial charge in [-0.2, -0.15) is 0 Å². The Morgan fingerprint density at radius 3 is 2.85 bits per heavy atom. The first-order valence-corrected chi connectivity index (χ1v) is 12.1. The summed E-state index contributed by atoms with van der Waals surface area (Å²) in [6.07, 6.45) is 1.70. The second-order valence-corrected chi connectivity index (χ2v) is 9.37. The topological polar surface area (TPSA) is 97.5 Å². The largest absolute Gasteiger partial charge is 0.360 e. The van der Waals surface area contributed by atoms with Gasteiger partial charge >= 0.3 is 0 Å². The predicted octanol–water partition coefficient (Wildman–Crippen LogP) is 2.91. The van der Waals surface area contributed by atoms with Crippen molar-refractivity contribution in [2.75, 3.05) is 41.5 Å². The summed E-state index contributed by atoms with van der Waals surface area (Å²) in [6, 6.07) is 12.3. The number of thioether (sulfide) groups is 1. The first-order valence-electron chi connectivity index (χ1n) is 10.6. The van der Waals surface area contributed by atoms with E-state index < -0.39 is 6.04 Å². The van der Waals surface area contributed by atoms with Crippen molar-refractivity contribution < 1.29 is 14.4 Å². The number of amides is 3. The van der Waals surface area contributed by atoms with Crippen LogP contribution in [0.15, 0.2) is 48.7 Å². The highest BCUT2D eigenvalue weighted by atomic mass is 35.5. The second-order valence-electron chi connectivity index (χ2n) is 7.97. The van der Waals surface area contributed by atoms with Crippen LogP contribution in [0, 0.1) is 0 Å². The number of hydrogen-bond acceptors (Lipinski definition) is 5. The van der Waals surface area contributed by atoms with E-state index in [-0.39, 0.29) is 24.3 Å². The number of benzene rings is 2. The van der Waals surface area contributed by atoms with Crippen molar-refractivity contribution >= 4 is 63.4 Å². The van der Waals surface area contributed by atoms with E-state index in [0.29, 0.717) is 41.0 Å². The van der Waals surface area contributed by atoms with Gasteiger partial charge in [0.2, 0.25) is 11.8 Å². The Kier molecular flexibility index (Phi) is 5.90. The molecule has 170 valence electrons. The van der Waals surface area contributed by atoms with Crippen LogP contribution in [0.1, 0.15) is 10.4 Å². The lowest BCUT2D eigenvalue weighted by atomic mass is 10.1. The van der Waals surface area contributed by atoms with Gasteiger partial charge in [-0.25, -0.2) is 0 Å². The van der Waals surface area contributed by atoms with Crippen LogP contribution in [0.4, 0.5) is 11.4 Å². The lowest BCUT2D eigenvalue weighted by molar-refractivity contribution is -0.120. The van der Waals surface area contributed by atoms with Gasteiger partial charge in [0.15, 0.2) is 0 Å². The van der Waals surface area contributed by atoms with Crippen LogP contribution in [0.2, 0.25) is 5.02 Å². The number of aromatic nitrogens is 1. The third-order valence-corrected chi connectivity index (χ3v) is 7.17. The summed E-state index contributed by atoms with van der Waals surface area (Å²) < 4.78 is 0. The number of hydrogen-bond donors (Lipinski definition) is 3. The lowest BCUT2D eigenvalue weighted by Gasteiger charge is -2.29. The number of nitrogens with one attached hydrogen (secondary N) is 3. The summed E-state index contributed by atoms with van der Waals surface area (Å²) >= 11 is 8.01. The maximum Gasteiger partial charge on any atom is 0.257 e. The van der Waals surface area contributed by atoms with Crippen LogP contribution < -0.4 is 15.5 Å². The van der Waals surface area contributed by atoms with Gasteiger partial charge in [0, 0.05) is 41.6 Å². The van der Waals surface area contributed by atoms with Crippen LogP contribution in [-0.4, -0.2) is 64.9 Å². The molecule has 10 heteroatoms. The third kappa shape index (κ3) is 4.26. The molecular formula is C23H22ClN5O3S. The number of carbonyl (C=O) groups is 3. The normalized spacial score (nSPS) is 18.5. The molecule has 0 unspecified atom stereocenters. The number of rotatable bonds is 4. The van der Waals surface area contributed by atoms with Crippen molar-refractivity contribution in [1.29, 1.82) is 0 Å². The van der Waals surface area contributed by atoms with Crippen molar-refractivity contribution in [3.05, 3.63) is 59.2 Å². The Morgan fingerprint density at radius 2 is 2.03 bits per heavy atom. The fraction of sp³-hybridized carbons (Fsp3) is 0.261. The zero-order chi connectivity index (χ0) is 22.9. The first kappa shape index (κ1) is 21.7. The molecule has 0 saturated carbocycles. The van der Waals surface area contributed by atoms with Gasteiger partial charge in [-0.05, 0) is 24.3 Å². The van der Waals surface area contributed by atoms with E-state index in [9.17, 15) is 14.4 Å². The molecule has 2 aliphatic heterocycles. The maximum absolute atomic E-state index is 13.2. The van der Waals surface area contributed by atoms with E-state index in [1.165, 1.54) is 0 Å². The van der Waals surface area contributed by atoms with E-state index in [1.54, 1.807) is 41.1 Å². The van der Waals surface area contributed by atoms with Crippen LogP contribution in [-0.2, 0) is 9.59 Å². The minimum absolute atomic E-state index is 0.0478.